The first-order valence-corrected chi connectivity index (χ1v) is 6.74. The Balaban J connectivity index is 2.43. The number of carboxylic acid groups (broad SMARTS) is 1. The number of pyridine rings is 1. The van der Waals surface area contributed by atoms with Gasteiger partial charge in [-0.2, -0.15) is 11.3 Å². The summed E-state index contributed by atoms with van der Waals surface area (Å²) in [6.07, 6.45) is 5.11. The number of nitrogens with zero attached hydrogens (tertiary/aromatic N) is 1. The minimum atomic E-state index is -1.19. The Morgan fingerprint density at radius 2 is 2.26 bits per heavy atom. The number of carboxylic acids is 1. The van der Waals surface area contributed by atoms with Gasteiger partial charge >= 0.3 is 5.97 Å². The van der Waals surface area contributed by atoms with Crippen molar-refractivity contribution in [3.05, 3.63) is 56.1 Å². The molecule has 2 aromatic rings. The lowest BCUT2D eigenvalue weighted by Gasteiger charge is -2.08. The minimum Gasteiger partial charge on any atom is -0.477 e. The van der Waals surface area contributed by atoms with E-state index in [1.165, 1.54) is 12.3 Å². The smallest absolute Gasteiger partial charge is 0.341 e. The highest BCUT2D eigenvalue weighted by molar-refractivity contribution is 7.08. The number of hydrogen-bond acceptors (Lipinski definition) is 3. The first-order chi connectivity index (χ1) is 9.11. The van der Waals surface area contributed by atoms with Gasteiger partial charge in [-0.15, -0.1) is 0 Å². The largest absolute Gasteiger partial charge is 0.477 e. The lowest BCUT2D eigenvalue weighted by molar-refractivity contribution is 0.0694. The second-order valence-electron chi connectivity index (χ2n) is 3.96. The summed E-state index contributed by atoms with van der Waals surface area (Å²) in [5, 5.41) is 12.9. The van der Waals surface area contributed by atoms with Crippen molar-refractivity contribution < 1.29 is 9.90 Å². The van der Waals surface area contributed by atoms with Crippen LogP contribution < -0.4 is 5.43 Å². The number of aromatic nitrogens is 1. The Morgan fingerprint density at radius 1 is 1.47 bits per heavy atom. The number of rotatable bonds is 4. The van der Waals surface area contributed by atoms with Crippen molar-refractivity contribution in [3.8, 4) is 0 Å². The summed E-state index contributed by atoms with van der Waals surface area (Å²) >= 11 is 1.60. The summed E-state index contributed by atoms with van der Waals surface area (Å²) in [5.74, 6) is -1.19. The van der Waals surface area contributed by atoms with Crippen molar-refractivity contribution >= 4 is 29.5 Å². The molecule has 98 valence electrons. The Bertz CT molecular complexity index is 668. The fourth-order valence-corrected chi connectivity index (χ4v) is 2.35. The summed E-state index contributed by atoms with van der Waals surface area (Å²) in [7, 11) is 0. The van der Waals surface area contributed by atoms with E-state index in [0.717, 1.165) is 5.56 Å². The summed E-state index contributed by atoms with van der Waals surface area (Å²) in [4.78, 5) is 22.6. The minimum absolute atomic E-state index is 0.200. The number of thiophene rings is 1. The van der Waals surface area contributed by atoms with Crippen LogP contribution in [0.3, 0.4) is 0 Å². The third kappa shape index (κ3) is 3.00. The molecule has 0 spiro atoms. The molecule has 0 saturated heterocycles. The van der Waals surface area contributed by atoms with Crippen LogP contribution in [0.5, 0.6) is 0 Å². The van der Waals surface area contributed by atoms with E-state index < -0.39 is 11.4 Å². The van der Waals surface area contributed by atoms with E-state index in [4.69, 9.17) is 5.11 Å². The molecule has 0 fully saturated rings. The molecule has 1 N–H and O–H groups in total. The molecule has 0 unspecified atom stereocenters. The van der Waals surface area contributed by atoms with Crippen molar-refractivity contribution in [1.29, 1.82) is 0 Å². The summed E-state index contributed by atoms with van der Waals surface area (Å²) < 4.78 is 1.74. The van der Waals surface area contributed by atoms with E-state index in [1.54, 1.807) is 15.9 Å². The van der Waals surface area contributed by atoms with Gasteiger partial charge in [0, 0.05) is 24.5 Å². The molecule has 2 heterocycles. The van der Waals surface area contributed by atoms with E-state index in [2.05, 4.69) is 0 Å². The topological polar surface area (TPSA) is 59.3 Å². The van der Waals surface area contributed by atoms with E-state index in [9.17, 15) is 9.59 Å². The zero-order valence-corrected chi connectivity index (χ0v) is 11.2. The van der Waals surface area contributed by atoms with Crippen LogP contribution >= 0.6 is 11.3 Å². The lowest BCUT2D eigenvalue weighted by Crippen LogP contribution is -2.18. The van der Waals surface area contributed by atoms with Crippen LogP contribution in [0.25, 0.3) is 12.2 Å². The second-order valence-corrected chi connectivity index (χ2v) is 4.74. The van der Waals surface area contributed by atoms with Crippen LogP contribution in [0.1, 0.15) is 28.5 Å². The Kier molecular flexibility index (Phi) is 3.97. The average Bonchev–Trinajstić information content (AvgIpc) is 2.89. The van der Waals surface area contributed by atoms with Gasteiger partial charge in [0.15, 0.2) is 5.43 Å². The molecule has 2 rings (SSSR count). The van der Waals surface area contributed by atoms with Crippen LogP contribution in [0.15, 0.2) is 33.9 Å². The maximum absolute atomic E-state index is 11.7. The van der Waals surface area contributed by atoms with E-state index >= 15 is 0 Å². The van der Waals surface area contributed by atoms with Crippen LogP contribution in [-0.4, -0.2) is 15.6 Å². The molecule has 19 heavy (non-hydrogen) atoms. The van der Waals surface area contributed by atoms with Crippen LogP contribution in [0.4, 0.5) is 0 Å². The highest BCUT2D eigenvalue weighted by Gasteiger charge is 2.10. The van der Waals surface area contributed by atoms with Gasteiger partial charge in [-0.05, 0) is 35.4 Å². The fraction of sp³-hybridized carbons (Fsp3) is 0.143. The zero-order valence-electron chi connectivity index (χ0n) is 10.4. The van der Waals surface area contributed by atoms with Gasteiger partial charge < -0.3 is 9.67 Å². The highest BCUT2D eigenvalue weighted by Crippen LogP contribution is 2.11. The molecule has 0 aliphatic carbocycles. The standard InChI is InChI=1S/C14H13NO3S/c1-2-15-8-12(14(17)18)13(16)7-11(15)4-3-10-5-6-19-9-10/h3-9H,2H2,1H3,(H,17,18)/b4-3+. The fourth-order valence-electron chi connectivity index (χ4n) is 1.72. The molecule has 0 radical (unpaired) electrons. The van der Waals surface area contributed by atoms with Gasteiger partial charge in [0.05, 0.1) is 0 Å². The van der Waals surface area contributed by atoms with Crippen LogP contribution in [-0.2, 0) is 6.54 Å². The van der Waals surface area contributed by atoms with E-state index in [-0.39, 0.29) is 5.56 Å². The second kappa shape index (κ2) is 5.67. The molecule has 0 saturated carbocycles. The predicted octanol–water partition coefficient (Wildman–Crippen LogP) is 2.80. The quantitative estimate of drug-likeness (QED) is 0.933. The number of aryl methyl sites for hydroxylation is 1. The Morgan fingerprint density at radius 3 is 2.84 bits per heavy atom. The molecule has 0 bridgehead atoms. The van der Waals surface area contributed by atoms with Gasteiger partial charge in [0.25, 0.3) is 0 Å². The number of hydrogen-bond donors (Lipinski definition) is 1. The van der Waals surface area contributed by atoms with Crippen molar-refractivity contribution in [2.24, 2.45) is 0 Å². The summed E-state index contributed by atoms with van der Waals surface area (Å²) in [6, 6.07) is 3.33. The van der Waals surface area contributed by atoms with E-state index in [1.807, 2.05) is 35.9 Å². The zero-order chi connectivity index (χ0) is 13.8. The average molecular weight is 275 g/mol. The molecule has 0 aliphatic heterocycles. The van der Waals surface area contributed by atoms with Gasteiger partial charge in [0.2, 0.25) is 0 Å². The molecular weight excluding hydrogens is 262 g/mol. The first kappa shape index (κ1) is 13.3. The third-order valence-electron chi connectivity index (χ3n) is 2.72. The molecule has 2 aromatic heterocycles. The van der Waals surface area contributed by atoms with Crippen molar-refractivity contribution in [1.82, 2.24) is 4.57 Å². The number of aromatic carboxylic acids is 1. The normalized spacial score (nSPS) is 11.0. The molecule has 4 nitrogen and oxygen atoms in total. The lowest BCUT2D eigenvalue weighted by atomic mass is 10.2. The third-order valence-corrected chi connectivity index (χ3v) is 3.42. The van der Waals surface area contributed by atoms with Crippen molar-refractivity contribution in [3.63, 3.8) is 0 Å². The molecule has 0 aliphatic rings. The Hall–Kier alpha value is -2.14. The van der Waals surface area contributed by atoms with Crippen LogP contribution in [0, 0.1) is 0 Å². The van der Waals surface area contributed by atoms with Gasteiger partial charge in [-0.1, -0.05) is 6.08 Å². The van der Waals surface area contributed by atoms with Gasteiger partial charge in [0.1, 0.15) is 5.56 Å². The van der Waals surface area contributed by atoms with Gasteiger partial charge in [-0.3, -0.25) is 4.79 Å². The molecule has 0 amide bonds. The van der Waals surface area contributed by atoms with E-state index in [0.29, 0.717) is 12.2 Å². The van der Waals surface area contributed by atoms with Crippen molar-refractivity contribution in [2.75, 3.05) is 0 Å². The summed E-state index contributed by atoms with van der Waals surface area (Å²) in [5.41, 5.74) is 1.09. The molecule has 0 atom stereocenters. The molecule has 5 heteroatoms. The first-order valence-electron chi connectivity index (χ1n) is 5.80. The summed E-state index contributed by atoms with van der Waals surface area (Å²) in [6.45, 7) is 2.50. The Labute approximate surface area is 114 Å². The molecule has 0 aromatic carbocycles. The maximum atomic E-state index is 11.7. The predicted molar refractivity (Wildman–Crippen MR) is 76.6 cm³/mol. The van der Waals surface area contributed by atoms with Gasteiger partial charge in [-0.25, -0.2) is 4.79 Å². The SMILES string of the molecule is CCn1cc(C(=O)O)c(=O)cc1/C=C/c1ccsc1. The van der Waals surface area contributed by atoms with Crippen molar-refractivity contribution in [2.45, 2.75) is 13.5 Å². The van der Waals surface area contributed by atoms with Crippen LogP contribution in [0.2, 0.25) is 0 Å². The molecular formula is C14H13NO3S. The highest BCUT2D eigenvalue weighted by atomic mass is 32.1. The number of carbonyl (C=O) groups is 1. The monoisotopic (exact) mass is 275 g/mol. The maximum Gasteiger partial charge on any atom is 0.341 e.